The first-order valence-electron chi connectivity index (χ1n) is 7.13. The SMILES string of the molecule is C=CCCCC(NCCC)c1cccc(S(C)(=O)=O)c1. The summed E-state index contributed by atoms with van der Waals surface area (Å²) < 4.78 is 23.3. The topological polar surface area (TPSA) is 46.2 Å². The van der Waals surface area contributed by atoms with Crippen LogP contribution in [0.1, 0.15) is 44.2 Å². The molecule has 0 amide bonds. The molecular weight excluding hydrogens is 270 g/mol. The van der Waals surface area contributed by atoms with Crippen molar-refractivity contribution >= 4 is 9.84 Å². The summed E-state index contributed by atoms with van der Waals surface area (Å²) in [6, 6.07) is 7.46. The first kappa shape index (κ1) is 16.9. The van der Waals surface area contributed by atoms with Crippen LogP contribution in [0.3, 0.4) is 0 Å². The highest BCUT2D eigenvalue weighted by molar-refractivity contribution is 7.90. The third-order valence-electron chi connectivity index (χ3n) is 3.23. The Morgan fingerprint density at radius 3 is 2.75 bits per heavy atom. The predicted octanol–water partition coefficient (Wildman–Crippen LogP) is 3.49. The predicted molar refractivity (Wildman–Crippen MR) is 84.6 cm³/mol. The van der Waals surface area contributed by atoms with Crippen molar-refractivity contribution in [2.45, 2.75) is 43.5 Å². The van der Waals surface area contributed by atoms with Crippen LogP contribution in [0.2, 0.25) is 0 Å². The molecule has 0 bridgehead atoms. The van der Waals surface area contributed by atoms with Gasteiger partial charge in [-0.05, 0) is 49.9 Å². The van der Waals surface area contributed by atoms with Gasteiger partial charge in [0, 0.05) is 12.3 Å². The molecule has 1 aromatic carbocycles. The van der Waals surface area contributed by atoms with Crippen LogP contribution in [0.15, 0.2) is 41.8 Å². The number of unbranched alkanes of at least 4 members (excludes halogenated alkanes) is 1. The van der Waals surface area contributed by atoms with Crippen LogP contribution in [0.25, 0.3) is 0 Å². The molecule has 0 radical (unpaired) electrons. The van der Waals surface area contributed by atoms with Crippen molar-refractivity contribution < 1.29 is 8.42 Å². The number of hydrogen-bond acceptors (Lipinski definition) is 3. The first-order valence-corrected chi connectivity index (χ1v) is 9.02. The second-order valence-electron chi connectivity index (χ2n) is 5.07. The number of rotatable bonds is 9. The quantitative estimate of drug-likeness (QED) is 0.560. The lowest BCUT2D eigenvalue weighted by Gasteiger charge is -2.19. The van der Waals surface area contributed by atoms with E-state index in [1.54, 1.807) is 12.1 Å². The van der Waals surface area contributed by atoms with E-state index in [4.69, 9.17) is 0 Å². The molecular formula is C16H25NO2S. The Hall–Kier alpha value is -1.13. The van der Waals surface area contributed by atoms with E-state index in [-0.39, 0.29) is 6.04 Å². The number of hydrogen-bond donors (Lipinski definition) is 1. The van der Waals surface area contributed by atoms with Gasteiger partial charge in [0.25, 0.3) is 0 Å². The van der Waals surface area contributed by atoms with Crippen LogP contribution in [-0.4, -0.2) is 21.2 Å². The van der Waals surface area contributed by atoms with E-state index >= 15 is 0 Å². The Bertz CT molecular complexity index is 523. The van der Waals surface area contributed by atoms with Gasteiger partial charge in [-0.15, -0.1) is 6.58 Å². The van der Waals surface area contributed by atoms with Gasteiger partial charge >= 0.3 is 0 Å². The van der Waals surface area contributed by atoms with Crippen molar-refractivity contribution in [3.63, 3.8) is 0 Å². The highest BCUT2D eigenvalue weighted by Gasteiger charge is 2.13. The third kappa shape index (κ3) is 5.47. The van der Waals surface area contributed by atoms with Crippen LogP contribution >= 0.6 is 0 Å². The maximum Gasteiger partial charge on any atom is 0.175 e. The van der Waals surface area contributed by atoms with Gasteiger partial charge < -0.3 is 5.32 Å². The summed E-state index contributed by atoms with van der Waals surface area (Å²) >= 11 is 0. The van der Waals surface area contributed by atoms with Gasteiger partial charge in [-0.3, -0.25) is 0 Å². The molecule has 0 spiro atoms. The zero-order valence-corrected chi connectivity index (χ0v) is 13.2. The van der Waals surface area contributed by atoms with Crippen LogP contribution in [-0.2, 0) is 9.84 Å². The van der Waals surface area contributed by atoms with Crippen molar-refractivity contribution in [2.24, 2.45) is 0 Å². The molecule has 3 nitrogen and oxygen atoms in total. The molecule has 1 unspecified atom stereocenters. The Labute approximate surface area is 123 Å². The van der Waals surface area contributed by atoms with Gasteiger partial charge in [0.1, 0.15) is 0 Å². The second-order valence-corrected chi connectivity index (χ2v) is 7.09. The number of benzene rings is 1. The van der Waals surface area contributed by atoms with Crippen LogP contribution in [0.4, 0.5) is 0 Å². The van der Waals surface area contributed by atoms with Gasteiger partial charge in [-0.2, -0.15) is 0 Å². The summed E-state index contributed by atoms with van der Waals surface area (Å²) in [6.07, 6.45) is 7.25. The maximum absolute atomic E-state index is 11.6. The lowest BCUT2D eigenvalue weighted by atomic mass is 10.0. The zero-order chi connectivity index (χ0) is 15.0. The lowest BCUT2D eigenvalue weighted by molar-refractivity contribution is 0.485. The molecule has 0 aliphatic carbocycles. The second kappa shape index (κ2) is 8.22. The van der Waals surface area contributed by atoms with E-state index in [1.807, 2.05) is 18.2 Å². The van der Waals surface area contributed by atoms with Crippen LogP contribution in [0, 0.1) is 0 Å². The van der Waals surface area contributed by atoms with Gasteiger partial charge in [-0.1, -0.05) is 25.1 Å². The Kier molecular flexibility index (Phi) is 6.96. The fraction of sp³-hybridized carbons (Fsp3) is 0.500. The van der Waals surface area contributed by atoms with Crippen LogP contribution < -0.4 is 5.32 Å². The molecule has 1 rings (SSSR count). The van der Waals surface area contributed by atoms with Gasteiger partial charge in [0.15, 0.2) is 9.84 Å². The number of nitrogens with one attached hydrogen (secondary N) is 1. The normalized spacial score (nSPS) is 13.1. The monoisotopic (exact) mass is 295 g/mol. The average Bonchev–Trinajstić information content (AvgIpc) is 2.42. The third-order valence-corrected chi connectivity index (χ3v) is 4.34. The fourth-order valence-corrected chi connectivity index (χ4v) is 2.81. The highest BCUT2D eigenvalue weighted by Crippen LogP contribution is 2.22. The van der Waals surface area contributed by atoms with Crippen molar-refractivity contribution in [2.75, 3.05) is 12.8 Å². The average molecular weight is 295 g/mol. The standard InChI is InChI=1S/C16H25NO2S/c1-4-6-7-11-16(17-12-5-2)14-9-8-10-15(13-14)20(3,18)19/h4,8-10,13,16-17H,1,5-7,11-12H2,2-3H3. The molecule has 0 aliphatic heterocycles. The summed E-state index contributed by atoms with van der Waals surface area (Å²) in [7, 11) is -3.15. The summed E-state index contributed by atoms with van der Waals surface area (Å²) in [5, 5.41) is 3.49. The Morgan fingerprint density at radius 2 is 2.15 bits per heavy atom. The molecule has 20 heavy (non-hydrogen) atoms. The van der Waals surface area contributed by atoms with Gasteiger partial charge in [-0.25, -0.2) is 8.42 Å². The summed E-state index contributed by atoms with van der Waals surface area (Å²) in [6.45, 7) is 6.80. The first-order chi connectivity index (χ1) is 9.49. The fourth-order valence-electron chi connectivity index (χ4n) is 2.13. The molecule has 1 atom stereocenters. The summed E-state index contributed by atoms with van der Waals surface area (Å²) in [5.74, 6) is 0. The van der Waals surface area contributed by atoms with E-state index in [9.17, 15) is 8.42 Å². The molecule has 0 fully saturated rings. The molecule has 0 saturated carbocycles. The minimum Gasteiger partial charge on any atom is -0.310 e. The van der Waals surface area contributed by atoms with Gasteiger partial charge in [0.2, 0.25) is 0 Å². The lowest BCUT2D eigenvalue weighted by Crippen LogP contribution is -2.22. The van der Waals surface area contributed by atoms with Crippen molar-refractivity contribution in [1.82, 2.24) is 5.32 Å². The molecule has 0 aliphatic rings. The molecule has 0 heterocycles. The van der Waals surface area contributed by atoms with Gasteiger partial charge in [0.05, 0.1) is 4.90 Å². The Balaban J connectivity index is 2.91. The molecule has 1 N–H and O–H groups in total. The highest BCUT2D eigenvalue weighted by atomic mass is 32.2. The zero-order valence-electron chi connectivity index (χ0n) is 12.4. The van der Waals surface area contributed by atoms with E-state index in [2.05, 4.69) is 18.8 Å². The van der Waals surface area contributed by atoms with Crippen LogP contribution in [0.5, 0.6) is 0 Å². The van der Waals surface area contributed by atoms with Crippen molar-refractivity contribution in [1.29, 1.82) is 0 Å². The molecule has 0 saturated heterocycles. The maximum atomic E-state index is 11.6. The Morgan fingerprint density at radius 1 is 1.40 bits per heavy atom. The summed E-state index contributed by atoms with van der Waals surface area (Å²) in [4.78, 5) is 0.391. The number of sulfone groups is 1. The minimum absolute atomic E-state index is 0.205. The number of allylic oxidation sites excluding steroid dienone is 1. The van der Waals surface area contributed by atoms with Crippen molar-refractivity contribution in [3.8, 4) is 0 Å². The molecule has 112 valence electrons. The minimum atomic E-state index is -3.15. The summed E-state index contributed by atoms with van der Waals surface area (Å²) in [5.41, 5.74) is 1.05. The van der Waals surface area contributed by atoms with Crippen molar-refractivity contribution in [3.05, 3.63) is 42.5 Å². The van der Waals surface area contributed by atoms with E-state index < -0.39 is 9.84 Å². The molecule has 4 heteroatoms. The van der Waals surface area contributed by atoms with E-state index in [0.717, 1.165) is 37.8 Å². The van der Waals surface area contributed by atoms with E-state index in [0.29, 0.717) is 4.90 Å². The largest absolute Gasteiger partial charge is 0.310 e. The smallest absolute Gasteiger partial charge is 0.175 e. The molecule has 0 aromatic heterocycles. The van der Waals surface area contributed by atoms with E-state index in [1.165, 1.54) is 6.26 Å². The molecule has 1 aromatic rings.